The Morgan fingerprint density at radius 2 is 1.70 bits per heavy atom. The summed E-state index contributed by atoms with van der Waals surface area (Å²) in [6, 6.07) is 21.8. The van der Waals surface area contributed by atoms with Crippen LogP contribution in [0, 0.1) is 10.1 Å². The van der Waals surface area contributed by atoms with Gasteiger partial charge in [0.1, 0.15) is 23.8 Å². The fourth-order valence-electron chi connectivity index (χ4n) is 3.84. The standard InChI is InChI=1S/C25H25N3O5/c1-32-21-10-11-23(24(17-21)28(30)31)26-12-14-27(15-13-26)25(29)20-8-5-9-22(16-20)33-18-19-6-3-2-4-7-19/h2-11,16-17H,12-15,18H2,1H3. The summed E-state index contributed by atoms with van der Waals surface area (Å²) in [4.78, 5) is 27.9. The molecule has 0 aliphatic carbocycles. The van der Waals surface area contributed by atoms with Gasteiger partial charge < -0.3 is 19.3 Å². The smallest absolute Gasteiger partial charge is 0.296 e. The number of ether oxygens (including phenoxy) is 2. The Bertz CT molecular complexity index is 1130. The number of hydrogen-bond donors (Lipinski definition) is 0. The first-order valence-electron chi connectivity index (χ1n) is 10.7. The highest BCUT2D eigenvalue weighted by Gasteiger charge is 2.27. The second kappa shape index (κ2) is 10.0. The minimum absolute atomic E-state index is 0.00241. The molecule has 0 radical (unpaired) electrons. The molecule has 1 heterocycles. The Labute approximate surface area is 192 Å². The summed E-state index contributed by atoms with van der Waals surface area (Å²) >= 11 is 0. The van der Waals surface area contributed by atoms with Crippen LogP contribution in [0.1, 0.15) is 15.9 Å². The van der Waals surface area contributed by atoms with E-state index < -0.39 is 4.92 Å². The van der Waals surface area contributed by atoms with Gasteiger partial charge in [-0.05, 0) is 35.9 Å². The third-order valence-corrected chi connectivity index (χ3v) is 5.62. The van der Waals surface area contributed by atoms with Crippen molar-refractivity contribution in [3.63, 3.8) is 0 Å². The van der Waals surface area contributed by atoms with Crippen molar-refractivity contribution < 1.29 is 19.2 Å². The van der Waals surface area contributed by atoms with Gasteiger partial charge in [0.05, 0.1) is 18.1 Å². The van der Waals surface area contributed by atoms with Gasteiger partial charge in [0.25, 0.3) is 11.6 Å². The Morgan fingerprint density at radius 3 is 2.39 bits per heavy atom. The van der Waals surface area contributed by atoms with Crippen molar-refractivity contribution in [3.05, 3.63) is 94.0 Å². The van der Waals surface area contributed by atoms with Gasteiger partial charge in [0, 0.05) is 31.7 Å². The highest BCUT2D eigenvalue weighted by Crippen LogP contribution is 2.32. The zero-order valence-electron chi connectivity index (χ0n) is 18.3. The van der Waals surface area contributed by atoms with E-state index in [4.69, 9.17) is 9.47 Å². The minimum atomic E-state index is -0.406. The molecule has 3 aromatic carbocycles. The number of carbonyl (C=O) groups excluding carboxylic acids is 1. The number of amides is 1. The molecule has 1 aliphatic heterocycles. The number of piperazine rings is 1. The number of carbonyl (C=O) groups is 1. The van der Waals surface area contributed by atoms with Crippen LogP contribution in [-0.4, -0.2) is 49.0 Å². The molecule has 0 N–H and O–H groups in total. The van der Waals surface area contributed by atoms with Crippen LogP contribution in [0.2, 0.25) is 0 Å². The van der Waals surface area contributed by atoms with E-state index in [9.17, 15) is 14.9 Å². The van der Waals surface area contributed by atoms with Crippen LogP contribution < -0.4 is 14.4 Å². The van der Waals surface area contributed by atoms with E-state index in [2.05, 4.69) is 0 Å². The molecule has 0 atom stereocenters. The van der Waals surface area contributed by atoms with E-state index in [0.717, 1.165) is 5.56 Å². The van der Waals surface area contributed by atoms with Gasteiger partial charge in [-0.2, -0.15) is 0 Å². The molecule has 1 amide bonds. The summed E-state index contributed by atoms with van der Waals surface area (Å²) in [6.45, 7) is 2.37. The summed E-state index contributed by atoms with van der Waals surface area (Å²) < 4.78 is 11.0. The predicted octanol–water partition coefficient (Wildman–Crippen LogP) is 4.14. The zero-order chi connectivity index (χ0) is 23.2. The van der Waals surface area contributed by atoms with Crippen LogP contribution in [0.4, 0.5) is 11.4 Å². The van der Waals surface area contributed by atoms with Crippen molar-refractivity contribution in [2.45, 2.75) is 6.61 Å². The minimum Gasteiger partial charge on any atom is -0.496 e. The molecule has 1 saturated heterocycles. The molecule has 8 heteroatoms. The average Bonchev–Trinajstić information content (AvgIpc) is 2.87. The molecular weight excluding hydrogens is 422 g/mol. The van der Waals surface area contributed by atoms with Crippen LogP contribution in [0.3, 0.4) is 0 Å². The molecule has 3 aromatic rings. The third kappa shape index (κ3) is 5.23. The molecule has 33 heavy (non-hydrogen) atoms. The Balaban J connectivity index is 1.39. The molecule has 0 aromatic heterocycles. The van der Waals surface area contributed by atoms with Crippen molar-refractivity contribution in [1.29, 1.82) is 0 Å². The number of nitro benzene ring substituents is 1. The molecule has 1 fully saturated rings. The predicted molar refractivity (Wildman–Crippen MR) is 125 cm³/mol. The quantitative estimate of drug-likeness (QED) is 0.400. The molecule has 1 aliphatic rings. The molecule has 0 bridgehead atoms. The van der Waals surface area contributed by atoms with Crippen molar-refractivity contribution in [3.8, 4) is 11.5 Å². The summed E-state index contributed by atoms with van der Waals surface area (Å²) in [5.74, 6) is 0.995. The first-order valence-corrected chi connectivity index (χ1v) is 10.7. The molecule has 4 rings (SSSR count). The average molecular weight is 447 g/mol. The number of anilines is 1. The molecule has 0 spiro atoms. The van der Waals surface area contributed by atoms with Gasteiger partial charge in [-0.25, -0.2) is 0 Å². The maximum absolute atomic E-state index is 13.1. The van der Waals surface area contributed by atoms with Crippen molar-refractivity contribution in [1.82, 2.24) is 4.90 Å². The van der Waals surface area contributed by atoms with Crippen LogP contribution in [0.5, 0.6) is 11.5 Å². The molecule has 0 saturated carbocycles. The molecular formula is C25H25N3O5. The number of nitrogens with zero attached hydrogens (tertiary/aromatic N) is 3. The van der Waals surface area contributed by atoms with E-state index >= 15 is 0 Å². The largest absolute Gasteiger partial charge is 0.496 e. The number of benzene rings is 3. The van der Waals surface area contributed by atoms with Gasteiger partial charge in [-0.1, -0.05) is 36.4 Å². The SMILES string of the molecule is COc1ccc(N2CCN(C(=O)c3cccc(OCc4ccccc4)c3)CC2)c([N+](=O)[O-])c1. The van der Waals surface area contributed by atoms with Crippen LogP contribution in [-0.2, 0) is 6.61 Å². The fraction of sp³-hybridized carbons (Fsp3) is 0.240. The van der Waals surface area contributed by atoms with E-state index in [0.29, 0.717) is 55.5 Å². The van der Waals surface area contributed by atoms with Crippen LogP contribution in [0.15, 0.2) is 72.8 Å². The Hall–Kier alpha value is -4.07. The zero-order valence-corrected chi connectivity index (χ0v) is 18.3. The van der Waals surface area contributed by atoms with Gasteiger partial charge in [-0.15, -0.1) is 0 Å². The highest BCUT2D eigenvalue weighted by molar-refractivity contribution is 5.94. The lowest BCUT2D eigenvalue weighted by atomic mass is 10.1. The number of rotatable bonds is 7. The number of nitro groups is 1. The lowest BCUT2D eigenvalue weighted by Crippen LogP contribution is -2.49. The second-order valence-corrected chi connectivity index (χ2v) is 7.69. The second-order valence-electron chi connectivity index (χ2n) is 7.69. The lowest BCUT2D eigenvalue weighted by Gasteiger charge is -2.36. The fourth-order valence-corrected chi connectivity index (χ4v) is 3.84. The van der Waals surface area contributed by atoms with Crippen molar-refractivity contribution in [2.75, 3.05) is 38.2 Å². The maximum atomic E-state index is 13.1. The van der Waals surface area contributed by atoms with E-state index in [1.54, 1.807) is 29.2 Å². The maximum Gasteiger partial charge on any atom is 0.296 e. The monoisotopic (exact) mass is 447 g/mol. The van der Waals surface area contributed by atoms with Gasteiger partial charge in [0.2, 0.25) is 0 Å². The summed E-state index contributed by atoms with van der Waals surface area (Å²) in [7, 11) is 1.48. The van der Waals surface area contributed by atoms with Crippen LogP contribution in [0.25, 0.3) is 0 Å². The van der Waals surface area contributed by atoms with Gasteiger partial charge in [-0.3, -0.25) is 14.9 Å². The number of methoxy groups -OCH3 is 1. The van der Waals surface area contributed by atoms with Crippen molar-refractivity contribution in [2.24, 2.45) is 0 Å². The Morgan fingerprint density at radius 1 is 0.939 bits per heavy atom. The third-order valence-electron chi connectivity index (χ3n) is 5.62. The highest BCUT2D eigenvalue weighted by atomic mass is 16.6. The van der Waals surface area contributed by atoms with E-state index in [1.807, 2.05) is 47.4 Å². The first-order chi connectivity index (χ1) is 16.0. The van der Waals surface area contributed by atoms with Crippen LogP contribution >= 0.6 is 0 Å². The first kappa shape index (κ1) is 22.1. The molecule has 0 unspecified atom stereocenters. The normalized spacial score (nSPS) is 13.5. The summed E-state index contributed by atoms with van der Waals surface area (Å²) in [5, 5.41) is 11.5. The van der Waals surface area contributed by atoms with Gasteiger partial charge >= 0.3 is 0 Å². The topological polar surface area (TPSA) is 85.2 Å². The molecule has 170 valence electrons. The summed E-state index contributed by atoms with van der Waals surface area (Å²) in [6.07, 6.45) is 0. The van der Waals surface area contributed by atoms with Gasteiger partial charge in [0.15, 0.2) is 0 Å². The van der Waals surface area contributed by atoms with E-state index in [-0.39, 0.29) is 11.6 Å². The molecule has 8 nitrogen and oxygen atoms in total. The number of hydrogen-bond acceptors (Lipinski definition) is 6. The van der Waals surface area contributed by atoms with E-state index in [1.165, 1.54) is 13.2 Å². The summed E-state index contributed by atoms with van der Waals surface area (Å²) in [5.41, 5.74) is 2.14. The lowest BCUT2D eigenvalue weighted by molar-refractivity contribution is -0.384. The van der Waals surface area contributed by atoms with Crippen molar-refractivity contribution >= 4 is 17.3 Å². The Kier molecular flexibility index (Phi) is 6.73.